The second-order valence-corrected chi connectivity index (χ2v) is 3.18. The second kappa shape index (κ2) is 3.33. The molecule has 0 aromatic carbocycles. The molecule has 1 atom stereocenters. The summed E-state index contributed by atoms with van der Waals surface area (Å²) >= 11 is 1.50. The van der Waals surface area contributed by atoms with Crippen LogP contribution in [0.15, 0.2) is 0 Å². The molecule has 0 aromatic rings. The van der Waals surface area contributed by atoms with Crippen LogP contribution in [-0.4, -0.2) is 12.3 Å². The van der Waals surface area contributed by atoms with Crippen molar-refractivity contribution in [2.75, 3.05) is 12.3 Å². The van der Waals surface area contributed by atoms with Crippen molar-refractivity contribution in [2.24, 2.45) is 0 Å². The monoisotopic (exact) mass is 133 g/mol. The minimum absolute atomic E-state index is 0.391. The molecule has 8 heavy (non-hydrogen) atoms. The first-order valence-corrected chi connectivity index (χ1v) is 4.04. The van der Waals surface area contributed by atoms with Crippen molar-refractivity contribution in [3.63, 3.8) is 0 Å². The molecule has 1 fully saturated rings. The fraction of sp³-hybridized carbons (Fsp3) is 1.00. The highest BCUT2D eigenvalue weighted by molar-refractivity contribution is 7.93. The lowest BCUT2D eigenvalue weighted by Crippen LogP contribution is -3.00. The molecule has 0 aromatic heterocycles. The summed E-state index contributed by atoms with van der Waals surface area (Å²) in [4.78, 5) is 0. The van der Waals surface area contributed by atoms with Gasteiger partial charge in [-0.1, -0.05) is 0 Å². The lowest BCUT2D eigenvalue weighted by Gasteiger charge is -2.15. The van der Waals surface area contributed by atoms with E-state index >= 15 is 0 Å². The van der Waals surface area contributed by atoms with Gasteiger partial charge in [0.1, 0.15) is 0 Å². The summed E-state index contributed by atoms with van der Waals surface area (Å²) in [5.41, 5.74) is 0. The Hall–Kier alpha value is 0.270. The van der Waals surface area contributed by atoms with Gasteiger partial charge in [-0.3, -0.25) is 0 Å². The van der Waals surface area contributed by atoms with Crippen LogP contribution in [0.3, 0.4) is 0 Å². The molecule has 0 spiro atoms. The van der Waals surface area contributed by atoms with Crippen LogP contribution in [0.5, 0.6) is 0 Å². The third-order valence-electron chi connectivity index (χ3n) is 1.29. The molecule has 0 bridgehead atoms. The van der Waals surface area contributed by atoms with Crippen molar-refractivity contribution in [2.45, 2.75) is 19.3 Å². The molecule has 2 nitrogen and oxygen atoms in total. The van der Waals surface area contributed by atoms with E-state index in [2.05, 4.69) is 0 Å². The Morgan fingerprint density at radius 3 is 3.00 bits per heavy atom. The number of hydrogen-bond acceptors (Lipinski definition) is 2. The van der Waals surface area contributed by atoms with Gasteiger partial charge >= 0.3 is 0 Å². The maximum Gasteiger partial charge on any atom is 0.0874 e. The highest BCUT2D eigenvalue weighted by atomic mass is 32.2. The Bertz CT molecular complexity index is 61.4. The molecular weight excluding hydrogens is 122 g/mol. The van der Waals surface area contributed by atoms with Gasteiger partial charge < -0.3 is 9.68 Å². The van der Waals surface area contributed by atoms with E-state index < -0.39 is 0 Å². The van der Waals surface area contributed by atoms with Crippen molar-refractivity contribution in [1.29, 1.82) is 0 Å². The Morgan fingerprint density at radius 2 is 2.12 bits per heavy atom. The summed E-state index contributed by atoms with van der Waals surface area (Å²) in [5, 5.41) is 10.6. The van der Waals surface area contributed by atoms with E-state index in [-0.39, 0.29) is 0 Å². The van der Waals surface area contributed by atoms with Gasteiger partial charge in [0.2, 0.25) is 0 Å². The van der Waals surface area contributed by atoms with Crippen LogP contribution >= 0.6 is 11.9 Å². The van der Waals surface area contributed by atoms with Gasteiger partial charge in [-0.15, -0.1) is 0 Å². The van der Waals surface area contributed by atoms with Crippen molar-refractivity contribution in [3.8, 4) is 0 Å². The first-order chi connectivity index (χ1) is 3.89. The molecule has 0 saturated carbocycles. The molecule has 48 valence electrons. The molecule has 1 saturated heterocycles. The third kappa shape index (κ3) is 2.03. The Kier molecular flexibility index (Phi) is 2.66. The van der Waals surface area contributed by atoms with Crippen LogP contribution in [0.25, 0.3) is 0 Å². The van der Waals surface area contributed by atoms with E-state index in [1.807, 2.05) is 0 Å². The summed E-state index contributed by atoms with van der Waals surface area (Å²) in [6.07, 6.45) is 3.60. The van der Waals surface area contributed by atoms with Crippen molar-refractivity contribution < 1.29 is 4.47 Å². The summed E-state index contributed by atoms with van der Waals surface area (Å²) < 4.78 is 0.391. The molecule has 1 N–H and O–H groups in total. The minimum Gasteiger partial charge on any atom is -0.622 e. The first-order valence-electron chi connectivity index (χ1n) is 3.05. The molecule has 1 unspecified atom stereocenters. The summed E-state index contributed by atoms with van der Waals surface area (Å²) in [5.74, 6) is 1.05. The van der Waals surface area contributed by atoms with E-state index in [1.54, 1.807) is 0 Å². The van der Waals surface area contributed by atoms with Crippen LogP contribution < -0.4 is 4.47 Å². The molecule has 0 radical (unpaired) electrons. The lowest BCUT2D eigenvalue weighted by atomic mass is 10.3. The summed E-state index contributed by atoms with van der Waals surface area (Å²) in [6, 6.07) is 0. The molecule has 0 amide bonds. The smallest absolute Gasteiger partial charge is 0.0874 e. The van der Waals surface area contributed by atoms with Crippen LogP contribution in [0.4, 0.5) is 0 Å². The summed E-state index contributed by atoms with van der Waals surface area (Å²) in [6.45, 7) is 0.810. The van der Waals surface area contributed by atoms with Crippen LogP contribution in [0.1, 0.15) is 19.3 Å². The number of rotatable bonds is 0. The van der Waals surface area contributed by atoms with Crippen LogP contribution in [-0.2, 0) is 0 Å². The molecule has 3 heteroatoms. The normalized spacial score (nSPS) is 31.9. The fourth-order valence-corrected chi connectivity index (χ4v) is 1.67. The number of hydroxylamine groups is 1. The SMILES string of the molecule is [O-][NH+]1CCCCCS1. The van der Waals surface area contributed by atoms with Gasteiger partial charge in [0.25, 0.3) is 0 Å². The quantitative estimate of drug-likeness (QED) is 0.377. The number of nitrogens with one attached hydrogen (secondary N) is 1. The fourth-order valence-electron chi connectivity index (χ4n) is 0.806. The van der Waals surface area contributed by atoms with Gasteiger partial charge in [0.15, 0.2) is 0 Å². The molecule has 0 aliphatic carbocycles. The third-order valence-corrected chi connectivity index (χ3v) is 2.31. The van der Waals surface area contributed by atoms with E-state index in [0.717, 1.165) is 18.7 Å². The molecule has 1 aliphatic rings. The highest BCUT2D eigenvalue weighted by Gasteiger charge is 2.03. The molecule has 1 heterocycles. The predicted molar refractivity (Wildman–Crippen MR) is 35.5 cm³/mol. The Balaban J connectivity index is 2.17. The zero-order valence-electron chi connectivity index (χ0n) is 4.85. The number of quaternary nitrogens is 1. The van der Waals surface area contributed by atoms with Crippen LogP contribution in [0.2, 0.25) is 0 Å². The second-order valence-electron chi connectivity index (χ2n) is 2.03. The van der Waals surface area contributed by atoms with E-state index in [9.17, 15) is 5.21 Å². The lowest BCUT2D eigenvalue weighted by molar-refractivity contribution is -0.694. The standard InChI is InChI=1S/C5H11NOS/c7-6-4-2-1-3-5-8-6/h6H,1-5H2. The van der Waals surface area contributed by atoms with Gasteiger partial charge in [0, 0.05) is 5.75 Å². The van der Waals surface area contributed by atoms with Gasteiger partial charge in [0.05, 0.1) is 18.5 Å². The van der Waals surface area contributed by atoms with E-state index in [4.69, 9.17) is 0 Å². The molecule has 1 aliphatic heterocycles. The van der Waals surface area contributed by atoms with Gasteiger partial charge in [-0.2, -0.15) is 0 Å². The topological polar surface area (TPSA) is 27.5 Å². The Morgan fingerprint density at radius 1 is 1.25 bits per heavy atom. The minimum atomic E-state index is 0.391. The molecular formula is C5H11NOS. The zero-order valence-corrected chi connectivity index (χ0v) is 5.67. The van der Waals surface area contributed by atoms with Crippen LogP contribution in [0, 0.1) is 5.21 Å². The van der Waals surface area contributed by atoms with Crippen molar-refractivity contribution in [3.05, 3.63) is 5.21 Å². The molecule has 1 rings (SSSR count). The Labute approximate surface area is 54.0 Å². The highest BCUT2D eigenvalue weighted by Crippen LogP contribution is 2.02. The average molecular weight is 133 g/mol. The van der Waals surface area contributed by atoms with Crippen molar-refractivity contribution >= 4 is 11.9 Å². The summed E-state index contributed by atoms with van der Waals surface area (Å²) in [7, 11) is 0. The van der Waals surface area contributed by atoms with Gasteiger partial charge in [-0.05, 0) is 19.3 Å². The maximum atomic E-state index is 10.6. The predicted octanol–water partition coefficient (Wildman–Crippen LogP) is 0.201. The van der Waals surface area contributed by atoms with E-state index in [1.165, 1.54) is 24.8 Å². The first kappa shape index (κ1) is 6.39. The van der Waals surface area contributed by atoms with Gasteiger partial charge in [-0.25, -0.2) is 0 Å². The van der Waals surface area contributed by atoms with Crippen molar-refractivity contribution in [1.82, 2.24) is 0 Å². The largest absolute Gasteiger partial charge is 0.622 e. The average Bonchev–Trinajstić information content (AvgIpc) is 1.94. The maximum absolute atomic E-state index is 10.6. The number of hydrogen-bond donors (Lipinski definition) is 1. The zero-order chi connectivity index (χ0) is 5.82. The van der Waals surface area contributed by atoms with E-state index in [0.29, 0.717) is 4.47 Å².